The molecule has 1 fully saturated rings. The Hall–Kier alpha value is -0.330. The molecule has 1 aliphatic heterocycles. The van der Waals surface area contributed by atoms with Crippen LogP contribution >= 0.6 is 0 Å². The monoisotopic (exact) mass is 241 g/mol. The minimum atomic E-state index is -4.63. The van der Waals surface area contributed by atoms with E-state index in [4.69, 9.17) is 9.84 Å². The van der Waals surface area contributed by atoms with Gasteiger partial charge in [0.2, 0.25) is 6.23 Å². The molecule has 1 unspecified atom stereocenters. The van der Waals surface area contributed by atoms with Crippen LogP contribution in [-0.4, -0.2) is 35.8 Å². The van der Waals surface area contributed by atoms with E-state index in [-0.39, 0.29) is 18.1 Å². The highest BCUT2D eigenvalue weighted by Gasteiger charge is 2.42. The topological polar surface area (TPSA) is 41.5 Å². The van der Waals surface area contributed by atoms with Crippen molar-refractivity contribution in [3.05, 3.63) is 0 Å². The highest BCUT2D eigenvalue weighted by Crippen LogP contribution is 2.30. The zero-order valence-corrected chi connectivity index (χ0v) is 9.64. The second-order valence-electron chi connectivity index (χ2n) is 4.86. The first kappa shape index (κ1) is 13.7. The van der Waals surface area contributed by atoms with Crippen molar-refractivity contribution < 1.29 is 23.0 Å². The van der Waals surface area contributed by atoms with Crippen LogP contribution in [0.2, 0.25) is 0 Å². The van der Waals surface area contributed by atoms with Gasteiger partial charge in [-0.3, -0.25) is 5.32 Å². The summed E-state index contributed by atoms with van der Waals surface area (Å²) >= 11 is 0. The Morgan fingerprint density at radius 1 is 1.44 bits per heavy atom. The summed E-state index contributed by atoms with van der Waals surface area (Å²) in [7, 11) is 0. The van der Waals surface area contributed by atoms with Crippen molar-refractivity contribution in [2.75, 3.05) is 6.61 Å². The maximum absolute atomic E-state index is 12.1. The maximum atomic E-state index is 12.1. The average Bonchev–Trinajstić information content (AvgIpc) is 2.10. The fourth-order valence-electron chi connectivity index (χ4n) is 1.67. The minimum absolute atomic E-state index is 0.138. The number of nitrogens with one attached hydrogen (secondary N) is 1. The van der Waals surface area contributed by atoms with Gasteiger partial charge in [0.05, 0.1) is 12.2 Å². The molecule has 1 heterocycles. The molecule has 1 aliphatic rings. The highest BCUT2D eigenvalue weighted by atomic mass is 19.4. The molecule has 3 nitrogen and oxygen atoms in total. The summed E-state index contributed by atoms with van der Waals surface area (Å²) in [6.07, 6.45) is -6.55. The molecule has 6 heteroatoms. The van der Waals surface area contributed by atoms with Crippen LogP contribution in [0.1, 0.15) is 27.2 Å². The lowest BCUT2D eigenvalue weighted by molar-refractivity contribution is -0.220. The zero-order chi connectivity index (χ0) is 12.6. The molecule has 0 amide bonds. The minimum Gasteiger partial charge on any atom is -0.374 e. The predicted molar refractivity (Wildman–Crippen MR) is 52.8 cm³/mol. The van der Waals surface area contributed by atoms with Crippen LogP contribution in [0.15, 0.2) is 0 Å². The largest absolute Gasteiger partial charge is 0.427 e. The maximum Gasteiger partial charge on any atom is 0.427 e. The van der Waals surface area contributed by atoms with E-state index in [2.05, 4.69) is 5.32 Å². The van der Waals surface area contributed by atoms with Crippen LogP contribution in [0.5, 0.6) is 0 Å². The Bertz CT molecular complexity index is 243. The molecule has 96 valence electrons. The number of halogens is 3. The summed E-state index contributed by atoms with van der Waals surface area (Å²) in [6.45, 7) is 5.93. The summed E-state index contributed by atoms with van der Waals surface area (Å²) in [4.78, 5) is 0. The summed E-state index contributed by atoms with van der Waals surface area (Å²) in [5, 5.41) is 11.0. The van der Waals surface area contributed by atoms with Crippen molar-refractivity contribution in [3.8, 4) is 0 Å². The van der Waals surface area contributed by atoms with Gasteiger partial charge in [-0.2, -0.15) is 13.2 Å². The molecule has 1 rings (SSSR count). The van der Waals surface area contributed by atoms with Gasteiger partial charge in [-0.25, -0.2) is 0 Å². The molecule has 0 bridgehead atoms. The quantitative estimate of drug-likeness (QED) is 0.722. The Labute approximate surface area is 93.0 Å². The van der Waals surface area contributed by atoms with E-state index in [0.29, 0.717) is 6.42 Å². The van der Waals surface area contributed by atoms with Gasteiger partial charge in [-0.1, -0.05) is 6.92 Å². The molecule has 0 aromatic carbocycles. The second kappa shape index (κ2) is 4.50. The molecule has 16 heavy (non-hydrogen) atoms. The number of aliphatic hydroxyl groups is 1. The molecule has 0 aromatic rings. The van der Waals surface area contributed by atoms with Crippen molar-refractivity contribution in [1.29, 1.82) is 0 Å². The van der Waals surface area contributed by atoms with E-state index in [1.165, 1.54) is 0 Å². The predicted octanol–water partition coefficient (Wildman–Crippen LogP) is 1.66. The van der Waals surface area contributed by atoms with Crippen LogP contribution in [0, 0.1) is 5.92 Å². The fraction of sp³-hybridized carbons (Fsp3) is 1.00. The van der Waals surface area contributed by atoms with Gasteiger partial charge in [0.15, 0.2) is 0 Å². The lowest BCUT2D eigenvalue weighted by Gasteiger charge is -2.41. The van der Waals surface area contributed by atoms with Crippen LogP contribution in [0.25, 0.3) is 0 Å². The number of hydrogen-bond donors (Lipinski definition) is 2. The number of rotatable bonds is 2. The van der Waals surface area contributed by atoms with Gasteiger partial charge >= 0.3 is 6.18 Å². The Morgan fingerprint density at radius 3 is 2.44 bits per heavy atom. The van der Waals surface area contributed by atoms with Crippen LogP contribution in [-0.2, 0) is 4.74 Å². The highest BCUT2D eigenvalue weighted by molar-refractivity contribution is 4.87. The molecule has 1 saturated heterocycles. The molecule has 0 aromatic heterocycles. The van der Waals surface area contributed by atoms with Gasteiger partial charge in [0, 0.05) is 6.04 Å². The normalized spacial score (nSPS) is 32.4. The van der Waals surface area contributed by atoms with Gasteiger partial charge < -0.3 is 9.84 Å². The van der Waals surface area contributed by atoms with Crippen molar-refractivity contribution in [2.45, 2.75) is 51.2 Å². The van der Waals surface area contributed by atoms with E-state index in [0.717, 1.165) is 0 Å². The third-order valence-electron chi connectivity index (χ3n) is 3.19. The number of hydrogen-bond acceptors (Lipinski definition) is 3. The summed E-state index contributed by atoms with van der Waals surface area (Å²) < 4.78 is 41.8. The van der Waals surface area contributed by atoms with E-state index in [9.17, 15) is 13.2 Å². The van der Waals surface area contributed by atoms with E-state index in [1.807, 2.05) is 20.8 Å². The second-order valence-corrected chi connectivity index (χ2v) is 4.86. The molecule has 0 aliphatic carbocycles. The molecule has 0 spiro atoms. The smallest absolute Gasteiger partial charge is 0.374 e. The Balaban J connectivity index is 2.48. The van der Waals surface area contributed by atoms with Crippen LogP contribution < -0.4 is 5.32 Å². The SMILES string of the molecule is C[C@@H]1C[C@@H](NC(O)C(F)(F)F)COC1(C)C. The van der Waals surface area contributed by atoms with Gasteiger partial charge in [-0.15, -0.1) is 0 Å². The number of ether oxygens (including phenoxy) is 1. The first-order chi connectivity index (χ1) is 7.13. The molecule has 3 atom stereocenters. The van der Waals surface area contributed by atoms with Gasteiger partial charge in [-0.05, 0) is 26.2 Å². The zero-order valence-electron chi connectivity index (χ0n) is 9.64. The number of aliphatic hydroxyl groups excluding tert-OH is 1. The van der Waals surface area contributed by atoms with E-state index < -0.39 is 18.4 Å². The van der Waals surface area contributed by atoms with Crippen molar-refractivity contribution in [2.24, 2.45) is 5.92 Å². The van der Waals surface area contributed by atoms with Gasteiger partial charge in [0.25, 0.3) is 0 Å². The van der Waals surface area contributed by atoms with Gasteiger partial charge in [0.1, 0.15) is 0 Å². The molecule has 2 N–H and O–H groups in total. The third-order valence-corrected chi connectivity index (χ3v) is 3.19. The van der Waals surface area contributed by atoms with Crippen molar-refractivity contribution in [3.63, 3.8) is 0 Å². The molecular formula is C10H18F3NO2. The Morgan fingerprint density at radius 2 is 2.00 bits per heavy atom. The summed E-state index contributed by atoms with van der Waals surface area (Å²) in [5.74, 6) is 0.138. The van der Waals surface area contributed by atoms with E-state index >= 15 is 0 Å². The standard InChI is InChI=1S/C10H18F3NO2/c1-6-4-7(5-16-9(6,2)3)14-8(15)10(11,12)13/h6-8,14-15H,4-5H2,1-3H3/t6-,7-,8?/m1/s1. The lowest BCUT2D eigenvalue weighted by atomic mass is 9.84. The lowest BCUT2D eigenvalue weighted by Crippen LogP contribution is -2.54. The third kappa shape index (κ3) is 3.33. The summed E-state index contributed by atoms with van der Waals surface area (Å²) in [6, 6.07) is -0.459. The molecular weight excluding hydrogens is 223 g/mol. The first-order valence-corrected chi connectivity index (χ1v) is 5.27. The fourth-order valence-corrected chi connectivity index (χ4v) is 1.67. The van der Waals surface area contributed by atoms with Crippen molar-refractivity contribution >= 4 is 0 Å². The van der Waals surface area contributed by atoms with Crippen LogP contribution in [0.3, 0.4) is 0 Å². The first-order valence-electron chi connectivity index (χ1n) is 5.27. The molecule has 0 saturated carbocycles. The van der Waals surface area contributed by atoms with Crippen LogP contribution in [0.4, 0.5) is 13.2 Å². The van der Waals surface area contributed by atoms with E-state index in [1.54, 1.807) is 0 Å². The Kier molecular flexibility index (Phi) is 3.87. The number of alkyl halides is 3. The molecule has 0 radical (unpaired) electrons. The average molecular weight is 241 g/mol. The van der Waals surface area contributed by atoms with Crippen molar-refractivity contribution in [1.82, 2.24) is 5.32 Å². The summed E-state index contributed by atoms with van der Waals surface area (Å²) in [5.41, 5.74) is -0.318.